The lowest BCUT2D eigenvalue weighted by Gasteiger charge is -2.04. The van der Waals surface area contributed by atoms with E-state index >= 15 is 0 Å². The second-order valence-electron chi connectivity index (χ2n) is 3.20. The van der Waals surface area contributed by atoms with Crippen LogP contribution in [0.1, 0.15) is 12.0 Å². The Labute approximate surface area is 103 Å². The fourth-order valence-electron chi connectivity index (χ4n) is 1.19. The zero-order valence-corrected chi connectivity index (χ0v) is 10.6. The molecule has 0 aliphatic rings. The Balaban J connectivity index is 2.37. The summed E-state index contributed by atoms with van der Waals surface area (Å²) < 4.78 is 0.994. The van der Waals surface area contributed by atoms with Crippen molar-refractivity contribution in [3.63, 3.8) is 0 Å². The molecule has 0 saturated carbocycles. The number of carbonyl (C=O) groups is 1. The van der Waals surface area contributed by atoms with Crippen LogP contribution < -0.4 is 5.32 Å². The zero-order valence-electron chi connectivity index (χ0n) is 8.30. The predicted octanol–water partition coefficient (Wildman–Crippen LogP) is 2.74. The van der Waals surface area contributed by atoms with Crippen LogP contribution in [-0.2, 0) is 11.2 Å². The molecule has 0 aliphatic heterocycles. The van der Waals surface area contributed by atoms with Gasteiger partial charge in [0, 0.05) is 16.9 Å². The molecule has 0 aliphatic carbocycles. The van der Waals surface area contributed by atoms with Crippen LogP contribution in [0.25, 0.3) is 0 Å². The fourth-order valence-corrected chi connectivity index (χ4v) is 1.77. The quantitative estimate of drug-likeness (QED) is 0.656. The Kier molecular flexibility index (Phi) is 5.73. The van der Waals surface area contributed by atoms with Crippen molar-refractivity contribution < 1.29 is 4.79 Å². The lowest BCUT2D eigenvalue weighted by Crippen LogP contribution is -2.26. The van der Waals surface area contributed by atoms with Crippen molar-refractivity contribution in [1.29, 1.82) is 0 Å². The van der Waals surface area contributed by atoms with E-state index in [0.717, 1.165) is 16.5 Å². The normalized spacial score (nSPS) is 10.0. The van der Waals surface area contributed by atoms with Crippen LogP contribution in [0.4, 0.5) is 0 Å². The molecule has 82 valence electrons. The highest BCUT2D eigenvalue weighted by Gasteiger charge is 2.02. The van der Waals surface area contributed by atoms with Gasteiger partial charge in [-0.15, -0.1) is 11.6 Å². The molecule has 1 rings (SSSR count). The van der Waals surface area contributed by atoms with Gasteiger partial charge in [-0.25, -0.2) is 0 Å². The molecule has 0 aromatic heterocycles. The van der Waals surface area contributed by atoms with E-state index in [-0.39, 0.29) is 5.91 Å². The van der Waals surface area contributed by atoms with Crippen molar-refractivity contribution in [2.45, 2.75) is 12.8 Å². The summed E-state index contributed by atoms with van der Waals surface area (Å²) in [6, 6.07) is 7.74. The molecule has 0 fully saturated rings. The maximum Gasteiger partial charge on any atom is 0.224 e. The zero-order chi connectivity index (χ0) is 11.1. The van der Waals surface area contributed by atoms with Gasteiger partial charge in [0.2, 0.25) is 5.91 Å². The molecule has 1 amide bonds. The standard InChI is InChI=1S/C11H13BrClNO/c12-10-4-1-3-9(7-10)8-11(15)14-6-2-5-13/h1,3-4,7H,2,5-6,8H2,(H,14,15). The molecule has 0 heterocycles. The van der Waals surface area contributed by atoms with Crippen molar-refractivity contribution in [3.05, 3.63) is 34.3 Å². The van der Waals surface area contributed by atoms with Crippen molar-refractivity contribution in [2.24, 2.45) is 0 Å². The van der Waals surface area contributed by atoms with E-state index in [0.29, 0.717) is 18.8 Å². The molecule has 0 radical (unpaired) electrons. The maximum atomic E-state index is 11.4. The topological polar surface area (TPSA) is 29.1 Å². The van der Waals surface area contributed by atoms with Gasteiger partial charge in [0.1, 0.15) is 0 Å². The average molecular weight is 291 g/mol. The molecule has 15 heavy (non-hydrogen) atoms. The summed E-state index contributed by atoms with van der Waals surface area (Å²) in [4.78, 5) is 11.4. The highest BCUT2D eigenvalue weighted by atomic mass is 79.9. The molecule has 1 aromatic rings. The third-order valence-electron chi connectivity index (χ3n) is 1.89. The third-order valence-corrected chi connectivity index (χ3v) is 2.65. The fraction of sp³-hybridized carbons (Fsp3) is 0.364. The minimum Gasteiger partial charge on any atom is -0.356 e. The number of hydrogen-bond acceptors (Lipinski definition) is 1. The van der Waals surface area contributed by atoms with Gasteiger partial charge in [-0.05, 0) is 24.1 Å². The molecule has 0 bridgehead atoms. The number of hydrogen-bond donors (Lipinski definition) is 1. The third kappa shape index (κ3) is 5.19. The number of rotatable bonds is 5. The van der Waals surface area contributed by atoms with E-state index in [4.69, 9.17) is 11.6 Å². The molecule has 0 spiro atoms. The monoisotopic (exact) mass is 289 g/mol. The van der Waals surface area contributed by atoms with Gasteiger partial charge in [0.15, 0.2) is 0 Å². The maximum absolute atomic E-state index is 11.4. The van der Waals surface area contributed by atoms with Crippen LogP contribution in [0.2, 0.25) is 0 Å². The van der Waals surface area contributed by atoms with E-state index in [1.165, 1.54) is 0 Å². The lowest BCUT2D eigenvalue weighted by atomic mass is 10.1. The van der Waals surface area contributed by atoms with Gasteiger partial charge < -0.3 is 5.32 Å². The molecule has 2 nitrogen and oxygen atoms in total. The minimum absolute atomic E-state index is 0.0400. The van der Waals surface area contributed by atoms with Gasteiger partial charge in [0.05, 0.1) is 6.42 Å². The van der Waals surface area contributed by atoms with Crippen molar-refractivity contribution in [1.82, 2.24) is 5.32 Å². The van der Waals surface area contributed by atoms with Gasteiger partial charge in [0.25, 0.3) is 0 Å². The van der Waals surface area contributed by atoms with Gasteiger partial charge in [-0.1, -0.05) is 28.1 Å². The molecule has 0 saturated heterocycles. The van der Waals surface area contributed by atoms with Crippen LogP contribution in [0.5, 0.6) is 0 Å². The summed E-state index contributed by atoms with van der Waals surface area (Å²) in [5, 5.41) is 2.81. The Morgan fingerprint density at radius 3 is 2.93 bits per heavy atom. The van der Waals surface area contributed by atoms with E-state index in [9.17, 15) is 4.79 Å². The summed E-state index contributed by atoms with van der Waals surface area (Å²) in [6.45, 7) is 0.649. The Morgan fingerprint density at radius 2 is 2.27 bits per heavy atom. The first kappa shape index (κ1) is 12.5. The van der Waals surface area contributed by atoms with Crippen LogP contribution in [0.15, 0.2) is 28.7 Å². The van der Waals surface area contributed by atoms with E-state index in [1.807, 2.05) is 24.3 Å². The molecule has 4 heteroatoms. The minimum atomic E-state index is 0.0400. The van der Waals surface area contributed by atoms with E-state index in [1.54, 1.807) is 0 Å². The van der Waals surface area contributed by atoms with Crippen molar-refractivity contribution in [3.8, 4) is 0 Å². The van der Waals surface area contributed by atoms with Crippen molar-refractivity contribution in [2.75, 3.05) is 12.4 Å². The molecule has 0 unspecified atom stereocenters. The largest absolute Gasteiger partial charge is 0.356 e. The highest BCUT2D eigenvalue weighted by Crippen LogP contribution is 2.11. The predicted molar refractivity (Wildman–Crippen MR) is 66.2 cm³/mol. The molecule has 1 N–H and O–H groups in total. The number of nitrogens with one attached hydrogen (secondary N) is 1. The molecule has 1 aromatic carbocycles. The number of halogens is 2. The van der Waals surface area contributed by atoms with Crippen LogP contribution >= 0.6 is 27.5 Å². The van der Waals surface area contributed by atoms with Gasteiger partial charge in [-0.2, -0.15) is 0 Å². The van der Waals surface area contributed by atoms with E-state index < -0.39 is 0 Å². The summed E-state index contributed by atoms with van der Waals surface area (Å²) in [5.41, 5.74) is 1.01. The second kappa shape index (κ2) is 6.85. The summed E-state index contributed by atoms with van der Waals surface area (Å²) in [7, 11) is 0. The summed E-state index contributed by atoms with van der Waals surface area (Å²) in [5.74, 6) is 0.621. The van der Waals surface area contributed by atoms with Crippen LogP contribution in [-0.4, -0.2) is 18.3 Å². The number of benzene rings is 1. The summed E-state index contributed by atoms with van der Waals surface area (Å²) in [6.07, 6.45) is 1.23. The average Bonchev–Trinajstić information content (AvgIpc) is 2.18. The Hall–Kier alpha value is -0.540. The first-order valence-corrected chi connectivity index (χ1v) is 6.12. The van der Waals surface area contributed by atoms with Crippen molar-refractivity contribution >= 4 is 33.4 Å². The SMILES string of the molecule is O=C(Cc1cccc(Br)c1)NCCCCl. The first-order valence-electron chi connectivity index (χ1n) is 4.79. The van der Waals surface area contributed by atoms with Crippen LogP contribution in [0.3, 0.4) is 0 Å². The molecular weight excluding hydrogens is 277 g/mol. The van der Waals surface area contributed by atoms with Crippen LogP contribution in [0, 0.1) is 0 Å². The highest BCUT2D eigenvalue weighted by molar-refractivity contribution is 9.10. The number of alkyl halides is 1. The number of amides is 1. The second-order valence-corrected chi connectivity index (χ2v) is 4.49. The molecule has 0 atom stereocenters. The Bertz CT molecular complexity index is 330. The first-order chi connectivity index (χ1) is 7.22. The molecular formula is C11H13BrClNO. The Morgan fingerprint density at radius 1 is 1.47 bits per heavy atom. The lowest BCUT2D eigenvalue weighted by molar-refractivity contribution is -0.120. The smallest absolute Gasteiger partial charge is 0.224 e. The van der Waals surface area contributed by atoms with Gasteiger partial charge >= 0.3 is 0 Å². The number of carbonyl (C=O) groups excluding carboxylic acids is 1. The van der Waals surface area contributed by atoms with Gasteiger partial charge in [-0.3, -0.25) is 4.79 Å². The summed E-state index contributed by atoms with van der Waals surface area (Å²) >= 11 is 8.88. The van der Waals surface area contributed by atoms with E-state index in [2.05, 4.69) is 21.2 Å².